The molecule has 2 aliphatic carbocycles. The molecule has 0 atom stereocenters. The highest BCUT2D eigenvalue weighted by Gasteiger charge is 2.50. The predicted molar refractivity (Wildman–Crippen MR) is 141 cm³/mol. The summed E-state index contributed by atoms with van der Waals surface area (Å²) in [5, 5.41) is 7.16. The monoisotopic (exact) mass is 507 g/mol. The van der Waals surface area contributed by atoms with E-state index in [4.69, 9.17) is 4.98 Å². The predicted octanol–water partition coefficient (Wildman–Crippen LogP) is 4.26. The molecule has 2 saturated carbocycles. The third kappa shape index (κ3) is 4.12. The van der Waals surface area contributed by atoms with E-state index in [1.807, 2.05) is 11.5 Å². The molecular formula is C27H33N5O3S. The maximum atomic E-state index is 13.3. The Kier molecular flexibility index (Phi) is 5.87. The Morgan fingerprint density at radius 1 is 1.08 bits per heavy atom. The number of pyridine rings is 1. The summed E-state index contributed by atoms with van der Waals surface area (Å²) in [4.78, 5) is 22.2. The summed E-state index contributed by atoms with van der Waals surface area (Å²) < 4.78 is 28.4. The van der Waals surface area contributed by atoms with E-state index in [1.165, 1.54) is 0 Å². The number of nitrogens with zero attached hydrogens (tertiary/aromatic N) is 3. The van der Waals surface area contributed by atoms with Gasteiger partial charge in [0.2, 0.25) is 5.95 Å². The van der Waals surface area contributed by atoms with Crippen molar-refractivity contribution in [2.24, 2.45) is 5.41 Å². The summed E-state index contributed by atoms with van der Waals surface area (Å²) in [7, 11) is -3.36. The second kappa shape index (κ2) is 8.95. The van der Waals surface area contributed by atoms with Crippen LogP contribution in [-0.2, 0) is 9.84 Å². The third-order valence-electron chi connectivity index (χ3n) is 8.55. The summed E-state index contributed by atoms with van der Waals surface area (Å²) in [6.07, 6.45) is 9.63. The Hall–Kier alpha value is -2.78. The molecule has 0 unspecified atom stereocenters. The van der Waals surface area contributed by atoms with Crippen LogP contribution >= 0.6 is 0 Å². The lowest BCUT2D eigenvalue weighted by Gasteiger charge is -2.49. The van der Waals surface area contributed by atoms with Gasteiger partial charge in [-0.05, 0) is 93.8 Å². The molecule has 3 heterocycles. The summed E-state index contributed by atoms with van der Waals surface area (Å²) in [5.74, 6) is 0.394. The van der Waals surface area contributed by atoms with E-state index in [0.717, 1.165) is 81.1 Å². The summed E-state index contributed by atoms with van der Waals surface area (Å²) in [6, 6.07) is 8.77. The van der Waals surface area contributed by atoms with Crippen molar-refractivity contribution in [2.75, 3.05) is 18.4 Å². The zero-order valence-electron chi connectivity index (χ0n) is 20.7. The van der Waals surface area contributed by atoms with Crippen molar-refractivity contribution in [1.29, 1.82) is 0 Å². The van der Waals surface area contributed by atoms with Crippen LogP contribution in [0, 0.1) is 12.3 Å². The smallest absolute Gasteiger partial charge is 0.252 e. The zero-order valence-corrected chi connectivity index (χ0v) is 21.5. The highest BCUT2D eigenvalue weighted by atomic mass is 32.2. The van der Waals surface area contributed by atoms with Gasteiger partial charge in [0.25, 0.3) is 5.56 Å². The number of aryl methyl sites for hydroxylation is 1. The van der Waals surface area contributed by atoms with Gasteiger partial charge in [0.1, 0.15) is 5.65 Å². The standard InChI is InChI=1S/C27H33N5O3S/c1-18-14-21(36(34,35)22-15-27(16-22)10-12-28-13-11-27)7-8-23(18)30-26-29-17-19-6-9-24(33)32(25(19)31-26)20-4-2-3-5-20/h6-9,14,17,20,22,28H,2-5,10-13,15-16H2,1H3,(H,29,30,31). The first-order valence-corrected chi connectivity index (χ1v) is 14.6. The van der Waals surface area contributed by atoms with Crippen LogP contribution in [-0.4, -0.2) is 41.3 Å². The molecule has 1 aromatic carbocycles. The van der Waals surface area contributed by atoms with Crippen LogP contribution in [0.1, 0.15) is 63.0 Å². The number of piperidine rings is 1. The van der Waals surface area contributed by atoms with Crippen LogP contribution in [0.2, 0.25) is 0 Å². The second-order valence-electron chi connectivity index (χ2n) is 10.9. The zero-order chi connectivity index (χ0) is 24.9. The lowest BCUT2D eigenvalue weighted by Crippen LogP contribution is -2.50. The Bertz CT molecular complexity index is 1460. The van der Waals surface area contributed by atoms with Gasteiger partial charge in [-0.2, -0.15) is 4.98 Å². The molecule has 3 aliphatic rings. The topological polar surface area (TPSA) is 106 Å². The van der Waals surface area contributed by atoms with Gasteiger partial charge in [-0.25, -0.2) is 13.4 Å². The van der Waals surface area contributed by atoms with Crippen molar-refractivity contribution in [3.63, 3.8) is 0 Å². The van der Waals surface area contributed by atoms with Crippen molar-refractivity contribution < 1.29 is 8.42 Å². The number of benzene rings is 1. The van der Waals surface area contributed by atoms with Gasteiger partial charge in [0.15, 0.2) is 9.84 Å². The number of fused-ring (bicyclic) bond motifs is 1. The first-order valence-electron chi connectivity index (χ1n) is 13.1. The minimum Gasteiger partial charge on any atom is -0.324 e. The van der Waals surface area contributed by atoms with Gasteiger partial charge < -0.3 is 10.6 Å². The van der Waals surface area contributed by atoms with Crippen molar-refractivity contribution in [3.05, 3.63) is 52.4 Å². The first-order chi connectivity index (χ1) is 17.3. The van der Waals surface area contributed by atoms with Crippen LogP contribution < -0.4 is 16.2 Å². The number of aromatic nitrogens is 3. The number of nitrogens with one attached hydrogen (secondary N) is 2. The molecule has 3 fully saturated rings. The second-order valence-corrected chi connectivity index (χ2v) is 13.1. The van der Waals surface area contributed by atoms with Crippen LogP contribution in [0.3, 0.4) is 0 Å². The molecule has 190 valence electrons. The summed E-state index contributed by atoms with van der Waals surface area (Å²) >= 11 is 0. The number of hydrogen-bond acceptors (Lipinski definition) is 7. The lowest BCUT2D eigenvalue weighted by molar-refractivity contribution is 0.0901. The van der Waals surface area contributed by atoms with Gasteiger partial charge in [-0.15, -0.1) is 0 Å². The van der Waals surface area contributed by atoms with Gasteiger partial charge in [-0.3, -0.25) is 9.36 Å². The highest BCUT2D eigenvalue weighted by Crippen LogP contribution is 2.51. The number of anilines is 2. The normalized spacial score (nSPS) is 20.6. The molecule has 1 saturated heterocycles. The average molecular weight is 508 g/mol. The van der Waals surface area contributed by atoms with Gasteiger partial charge in [0.05, 0.1) is 10.1 Å². The fourth-order valence-electron chi connectivity index (χ4n) is 6.37. The maximum Gasteiger partial charge on any atom is 0.252 e. The van der Waals surface area contributed by atoms with Crippen LogP contribution in [0.15, 0.2) is 46.2 Å². The molecular weight excluding hydrogens is 474 g/mol. The maximum absolute atomic E-state index is 13.3. The molecule has 36 heavy (non-hydrogen) atoms. The molecule has 0 bridgehead atoms. The quantitative estimate of drug-likeness (QED) is 0.531. The molecule has 2 N–H and O–H groups in total. The molecule has 0 amide bonds. The van der Waals surface area contributed by atoms with Gasteiger partial charge >= 0.3 is 0 Å². The SMILES string of the molecule is Cc1cc(S(=O)(=O)C2CC3(CCNCC3)C2)ccc1Nc1ncc2ccc(=O)n(C3CCCC3)c2n1. The average Bonchev–Trinajstić information content (AvgIpc) is 3.38. The van der Waals surface area contributed by atoms with E-state index in [2.05, 4.69) is 15.6 Å². The van der Waals surface area contributed by atoms with E-state index in [0.29, 0.717) is 16.5 Å². The van der Waals surface area contributed by atoms with E-state index in [1.54, 1.807) is 36.5 Å². The molecule has 2 aromatic heterocycles. The number of sulfone groups is 1. The summed E-state index contributed by atoms with van der Waals surface area (Å²) in [6.45, 7) is 3.87. The molecule has 6 rings (SSSR count). The highest BCUT2D eigenvalue weighted by molar-refractivity contribution is 7.92. The minimum absolute atomic E-state index is 0.0351. The van der Waals surface area contributed by atoms with Crippen LogP contribution in [0.5, 0.6) is 0 Å². The molecule has 3 aromatic rings. The number of hydrogen-bond donors (Lipinski definition) is 2. The fourth-order valence-corrected chi connectivity index (χ4v) is 8.50. The molecule has 8 nitrogen and oxygen atoms in total. The summed E-state index contributed by atoms with van der Waals surface area (Å²) in [5.41, 5.74) is 2.39. The van der Waals surface area contributed by atoms with Crippen molar-refractivity contribution in [1.82, 2.24) is 19.9 Å². The molecule has 1 aliphatic heterocycles. The van der Waals surface area contributed by atoms with E-state index >= 15 is 0 Å². The lowest BCUT2D eigenvalue weighted by atomic mass is 9.63. The third-order valence-corrected chi connectivity index (χ3v) is 10.7. The largest absolute Gasteiger partial charge is 0.324 e. The molecule has 9 heteroatoms. The van der Waals surface area contributed by atoms with Crippen molar-refractivity contribution >= 4 is 32.5 Å². The fraction of sp³-hybridized carbons (Fsp3) is 0.519. The van der Waals surface area contributed by atoms with E-state index in [-0.39, 0.29) is 22.3 Å². The Morgan fingerprint density at radius 2 is 1.83 bits per heavy atom. The van der Waals surface area contributed by atoms with Crippen molar-refractivity contribution in [3.8, 4) is 0 Å². The Balaban J connectivity index is 1.24. The van der Waals surface area contributed by atoms with Crippen LogP contribution in [0.25, 0.3) is 11.0 Å². The van der Waals surface area contributed by atoms with E-state index in [9.17, 15) is 13.2 Å². The Labute approximate surface area is 211 Å². The van der Waals surface area contributed by atoms with Gasteiger partial charge in [0, 0.05) is 29.4 Å². The first kappa shape index (κ1) is 23.6. The van der Waals surface area contributed by atoms with E-state index < -0.39 is 9.84 Å². The van der Waals surface area contributed by atoms with Crippen LogP contribution in [0.4, 0.5) is 11.6 Å². The number of rotatable bonds is 5. The minimum atomic E-state index is -3.36. The molecule has 1 spiro atoms. The van der Waals surface area contributed by atoms with Crippen molar-refractivity contribution in [2.45, 2.75) is 74.5 Å². The Morgan fingerprint density at radius 3 is 2.56 bits per heavy atom. The molecule has 0 radical (unpaired) electrons. The van der Waals surface area contributed by atoms with Gasteiger partial charge in [-0.1, -0.05) is 12.8 Å².